The Hall–Kier alpha value is -0.492. The first kappa shape index (κ1) is 6.63. The number of hydrogen-bond donors (Lipinski definition) is 0. The van der Waals surface area contributed by atoms with Crippen LogP contribution in [0.1, 0.15) is 0 Å². The van der Waals surface area contributed by atoms with Crippen molar-refractivity contribution in [3.63, 3.8) is 0 Å². The van der Waals surface area contributed by atoms with E-state index in [1.165, 1.54) is 19.4 Å². The van der Waals surface area contributed by atoms with Gasteiger partial charge in [0, 0.05) is 0 Å². The molecule has 0 radical (unpaired) electrons. The van der Waals surface area contributed by atoms with Crippen molar-refractivity contribution in [1.29, 1.82) is 0 Å². The maximum absolute atomic E-state index is 8.57. The molecule has 0 amide bonds. The minimum absolute atomic E-state index is 1.06. The standard InChI is InChI=1S/C6H5N2.W/c7-6-8-4-2-1-3-5-8;/h1-4,6H;/q-1;. The minimum atomic E-state index is 1.06. The van der Waals surface area contributed by atoms with Gasteiger partial charge in [-0.1, -0.05) is 0 Å². The molecule has 0 spiro atoms. The Morgan fingerprint density at radius 3 is 2.78 bits per heavy atom. The zero-order valence-corrected chi connectivity index (χ0v) is 7.62. The van der Waals surface area contributed by atoms with Crippen molar-refractivity contribution in [2.24, 2.45) is 0 Å². The van der Waals surface area contributed by atoms with Gasteiger partial charge in [0.15, 0.2) is 0 Å². The normalized spacial score (nSPS) is 8.89. The number of rotatable bonds is 1. The molecule has 2 nitrogen and oxygen atoms in total. The predicted octanol–water partition coefficient (Wildman–Crippen LogP) is 1.01. The summed E-state index contributed by atoms with van der Waals surface area (Å²) in [6.07, 6.45) is 2.87. The molecule has 0 N–H and O–H groups in total. The van der Waals surface area contributed by atoms with Crippen LogP contribution in [0, 0.1) is 3.67 Å². The number of hydrogen-bond acceptors (Lipinski definition) is 0. The van der Waals surface area contributed by atoms with E-state index < -0.39 is 0 Å². The zero-order chi connectivity index (χ0) is 6.69. The van der Waals surface area contributed by atoms with E-state index in [4.69, 9.17) is 5.41 Å². The van der Waals surface area contributed by atoms with Gasteiger partial charge in [-0.3, -0.25) is 0 Å². The van der Waals surface area contributed by atoms with Crippen molar-refractivity contribution in [3.8, 4) is 0 Å². The van der Waals surface area contributed by atoms with Gasteiger partial charge in [0.2, 0.25) is 0 Å². The molecule has 0 aliphatic carbocycles. The van der Waals surface area contributed by atoms with E-state index in [1.807, 2.05) is 24.4 Å². The van der Waals surface area contributed by atoms with Crippen LogP contribution in [0.15, 0.2) is 24.4 Å². The molecule has 1 aromatic heterocycles. The van der Waals surface area contributed by atoms with Crippen molar-refractivity contribution >= 4 is 6.34 Å². The topological polar surface area (TPSA) is 27.2 Å². The second-order valence-electron chi connectivity index (χ2n) is 1.56. The van der Waals surface area contributed by atoms with Gasteiger partial charge in [-0.2, -0.15) is 0 Å². The van der Waals surface area contributed by atoms with E-state index in [-0.39, 0.29) is 0 Å². The molecule has 0 aromatic carbocycles. The molecule has 0 saturated heterocycles. The first-order chi connectivity index (χ1) is 4.34. The second kappa shape index (κ2) is 2.88. The summed E-state index contributed by atoms with van der Waals surface area (Å²) >= 11 is 1.34. The van der Waals surface area contributed by atoms with E-state index >= 15 is 0 Å². The van der Waals surface area contributed by atoms with Crippen LogP contribution in [0.3, 0.4) is 0 Å². The average molecular weight is 289 g/mol. The van der Waals surface area contributed by atoms with Gasteiger partial charge in [0.25, 0.3) is 0 Å². The number of pyridine rings is 1. The maximum atomic E-state index is 8.57. The average Bonchev–Trinajstić information content (AvgIpc) is 1.89. The summed E-state index contributed by atoms with van der Waals surface area (Å²) in [5, 5.41) is 8.57. The molecule has 0 unspecified atom stereocenters. The van der Waals surface area contributed by atoms with Gasteiger partial charge in [0.05, 0.1) is 0 Å². The van der Waals surface area contributed by atoms with Crippen molar-refractivity contribution in [1.82, 2.24) is 4.57 Å². The molecule has 0 saturated carbocycles. The molecule has 46 valence electrons. The summed E-state index contributed by atoms with van der Waals surface area (Å²) in [6, 6.07) is 5.78. The van der Waals surface area contributed by atoms with Crippen LogP contribution < -0.4 is 0 Å². The quantitative estimate of drug-likeness (QED) is 0.545. The van der Waals surface area contributed by atoms with Gasteiger partial charge < -0.3 is 0 Å². The van der Waals surface area contributed by atoms with Crippen LogP contribution in [0.5, 0.6) is 0 Å². The Morgan fingerprint density at radius 2 is 2.33 bits per heavy atom. The van der Waals surface area contributed by atoms with Gasteiger partial charge in [0.1, 0.15) is 0 Å². The summed E-state index contributed by atoms with van der Waals surface area (Å²) in [7, 11) is 0. The van der Waals surface area contributed by atoms with Gasteiger partial charge in [-0.15, -0.1) is 0 Å². The fourth-order valence-electron chi connectivity index (χ4n) is 0.535. The van der Waals surface area contributed by atoms with Crippen LogP contribution in [0.25, 0.3) is 5.41 Å². The molecule has 1 aromatic rings. The molecule has 9 heavy (non-hydrogen) atoms. The van der Waals surface area contributed by atoms with Gasteiger partial charge >= 0.3 is 63.7 Å². The van der Waals surface area contributed by atoms with Gasteiger partial charge in [-0.05, 0) is 0 Å². The van der Waals surface area contributed by atoms with Gasteiger partial charge in [-0.25, -0.2) is 0 Å². The Bertz CT molecular complexity index is 264. The first-order valence-corrected chi connectivity index (χ1v) is 3.96. The summed E-state index contributed by atoms with van der Waals surface area (Å²) in [5.74, 6) is 0. The predicted molar refractivity (Wildman–Crippen MR) is 32.5 cm³/mol. The van der Waals surface area contributed by atoms with E-state index in [9.17, 15) is 0 Å². The van der Waals surface area contributed by atoms with Crippen molar-refractivity contribution < 1.29 is 19.4 Å². The van der Waals surface area contributed by atoms with Crippen LogP contribution in [0.2, 0.25) is 0 Å². The number of nitrogens with zero attached hydrogens (tertiary/aromatic N) is 2. The first-order valence-electron chi connectivity index (χ1n) is 2.49. The van der Waals surface area contributed by atoms with Crippen molar-refractivity contribution in [2.75, 3.05) is 0 Å². The summed E-state index contributed by atoms with van der Waals surface area (Å²) in [4.78, 5) is 0. The zero-order valence-electron chi connectivity index (χ0n) is 4.69. The van der Waals surface area contributed by atoms with Crippen LogP contribution in [-0.4, -0.2) is 10.9 Å². The molecule has 0 aliphatic rings. The molecular weight excluding hydrogens is 284 g/mol. The summed E-state index contributed by atoms with van der Waals surface area (Å²) in [5.41, 5.74) is 0. The molecule has 0 aliphatic heterocycles. The van der Waals surface area contributed by atoms with E-state index in [0.717, 1.165) is 10.0 Å². The molecule has 1 heterocycles. The molecule has 1 rings (SSSR count). The molecule has 0 atom stereocenters. The van der Waals surface area contributed by atoms with Crippen molar-refractivity contribution in [2.45, 2.75) is 0 Å². The summed E-state index contributed by atoms with van der Waals surface area (Å²) < 4.78 is 2.77. The van der Waals surface area contributed by atoms with Crippen LogP contribution in [-0.2, 0) is 19.4 Å². The second-order valence-corrected chi connectivity index (χ2v) is 3.06. The Labute approximate surface area is 64.1 Å². The fourth-order valence-corrected chi connectivity index (χ4v) is 1.21. The third kappa shape index (κ3) is 1.46. The SMILES string of the molecule is [N-]=Cn1cccc[c]1=[W]. The molecule has 0 bridgehead atoms. The molecular formula is C6H5N2W-. The monoisotopic (exact) mass is 289 g/mol. The Kier molecular flexibility index (Phi) is 2.12. The van der Waals surface area contributed by atoms with Crippen LogP contribution >= 0.6 is 0 Å². The molecule has 3 heteroatoms. The molecule has 0 fully saturated rings. The Balaban J connectivity index is 3.32. The summed E-state index contributed by atoms with van der Waals surface area (Å²) in [6.45, 7) is 0. The Morgan fingerprint density at radius 1 is 1.56 bits per heavy atom. The van der Waals surface area contributed by atoms with Crippen LogP contribution in [0.4, 0.5) is 0 Å². The van der Waals surface area contributed by atoms with E-state index in [0.29, 0.717) is 0 Å². The van der Waals surface area contributed by atoms with Crippen molar-refractivity contribution in [3.05, 3.63) is 33.5 Å². The third-order valence-corrected chi connectivity index (χ3v) is 2.22. The fraction of sp³-hybridized carbons (Fsp3) is 0. The third-order valence-electron chi connectivity index (χ3n) is 0.975. The van der Waals surface area contributed by atoms with E-state index in [2.05, 4.69) is 0 Å². The van der Waals surface area contributed by atoms with E-state index in [1.54, 1.807) is 4.57 Å². The number of aromatic nitrogens is 1.